The zero-order chi connectivity index (χ0) is 26.2. The second-order valence-corrected chi connectivity index (χ2v) is 11.2. The van der Waals surface area contributed by atoms with Crippen molar-refractivity contribution in [2.75, 3.05) is 19.6 Å². The number of carbonyl (C=O) groups excluding carboxylic acids is 2. The van der Waals surface area contributed by atoms with Crippen molar-refractivity contribution in [2.45, 2.75) is 17.9 Å². The van der Waals surface area contributed by atoms with E-state index < -0.39 is 16.1 Å². The Labute approximate surface area is 219 Å². The van der Waals surface area contributed by atoms with Crippen LogP contribution >= 0.6 is 11.6 Å². The van der Waals surface area contributed by atoms with Crippen LogP contribution in [-0.2, 0) is 14.8 Å². The van der Waals surface area contributed by atoms with Gasteiger partial charge in [0.1, 0.15) is 12.4 Å². The van der Waals surface area contributed by atoms with Gasteiger partial charge in [-0.05, 0) is 60.2 Å². The van der Waals surface area contributed by atoms with Gasteiger partial charge in [-0.15, -0.1) is 0 Å². The molecule has 0 N–H and O–H groups in total. The summed E-state index contributed by atoms with van der Waals surface area (Å²) in [6.07, 6.45) is 3.09. The van der Waals surface area contributed by atoms with E-state index in [1.165, 1.54) is 28.5 Å². The zero-order valence-corrected chi connectivity index (χ0v) is 21.5. The van der Waals surface area contributed by atoms with Gasteiger partial charge in [-0.1, -0.05) is 35.9 Å². The summed E-state index contributed by atoms with van der Waals surface area (Å²) in [7, 11) is -3.88. The van der Waals surface area contributed by atoms with Crippen LogP contribution in [0.3, 0.4) is 0 Å². The summed E-state index contributed by atoms with van der Waals surface area (Å²) >= 11 is 6.04. The molecule has 1 saturated heterocycles. The maximum atomic E-state index is 13.5. The SMILES string of the molecule is CC(=O)C1CN(S(=O)(=O)c2ccc3cc(Cl)ccc3c2)CCN1C(=O)c1ccc(-c2ccncn2)cc1. The van der Waals surface area contributed by atoms with Crippen molar-refractivity contribution in [3.05, 3.63) is 89.8 Å². The number of benzene rings is 3. The van der Waals surface area contributed by atoms with Gasteiger partial charge in [-0.3, -0.25) is 9.59 Å². The number of ketones is 1. The molecule has 188 valence electrons. The molecule has 0 aliphatic carbocycles. The molecule has 0 spiro atoms. The normalized spacial score (nSPS) is 16.6. The Kier molecular flexibility index (Phi) is 6.76. The first kappa shape index (κ1) is 25.0. The van der Waals surface area contributed by atoms with Gasteiger partial charge in [0.05, 0.1) is 10.6 Å². The maximum Gasteiger partial charge on any atom is 0.254 e. The van der Waals surface area contributed by atoms with Crippen LogP contribution in [0.4, 0.5) is 0 Å². The van der Waals surface area contributed by atoms with Crippen LogP contribution in [0.2, 0.25) is 5.02 Å². The van der Waals surface area contributed by atoms with Gasteiger partial charge in [0.25, 0.3) is 5.91 Å². The number of nitrogens with zero attached hydrogens (tertiary/aromatic N) is 4. The van der Waals surface area contributed by atoms with E-state index >= 15 is 0 Å². The van der Waals surface area contributed by atoms with E-state index in [0.717, 1.165) is 22.0 Å². The molecule has 10 heteroatoms. The zero-order valence-electron chi connectivity index (χ0n) is 19.9. The molecule has 1 fully saturated rings. The van der Waals surface area contributed by atoms with E-state index in [2.05, 4.69) is 9.97 Å². The molecular weight excluding hydrogens is 512 g/mol. The molecule has 1 atom stereocenters. The largest absolute Gasteiger partial charge is 0.326 e. The second kappa shape index (κ2) is 10.0. The van der Waals surface area contributed by atoms with Gasteiger partial charge in [0.2, 0.25) is 10.0 Å². The third kappa shape index (κ3) is 4.98. The number of hydrogen-bond acceptors (Lipinski definition) is 6. The van der Waals surface area contributed by atoms with Crippen molar-refractivity contribution in [1.82, 2.24) is 19.2 Å². The number of rotatable bonds is 5. The first-order chi connectivity index (χ1) is 17.7. The molecule has 0 saturated carbocycles. The van der Waals surface area contributed by atoms with E-state index in [-0.39, 0.29) is 36.2 Å². The van der Waals surface area contributed by atoms with Crippen LogP contribution in [0.15, 0.2) is 84.1 Å². The van der Waals surface area contributed by atoms with Crippen molar-refractivity contribution in [1.29, 1.82) is 0 Å². The minimum Gasteiger partial charge on any atom is -0.326 e. The molecule has 37 heavy (non-hydrogen) atoms. The minimum absolute atomic E-state index is 0.0789. The quantitative estimate of drug-likeness (QED) is 0.383. The fraction of sp³-hybridized carbons (Fsp3) is 0.185. The monoisotopic (exact) mass is 534 g/mol. The first-order valence-corrected chi connectivity index (χ1v) is 13.4. The van der Waals surface area contributed by atoms with Crippen LogP contribution in [0, 0.1) is 0 Å². The number of fused-ring (bicyclic) bond motifs is 1. The molecule has 1 aliphatic rings. The average Bonchev–Trinajstić information content (AvgIpc) is 2.92. The van der Waals surface area contributed by atoms with Crippen molar-refractivity contribution < 1.29 is 18.0 Å². The summed E-state index contributed by atoms with van der Waals surface area (Å²) in [4.78, 5) is 35.6. The van der Waals surface area contributed by atoms with E-state index in [9.17, 15) is 18.0 Å². The highest BCUT2D eigenvalue weighted by Gasteiger charge is 2.38. The molecule has 1 aromatic heterocycles. The third-order valence-electron chi connectivity index (χ3n) is 6.49. The molecule has 0 radical (unpaired) electrons. The Bertz CT molecular complexity index is 1590. The summed E-state index contributed by atoms with van der Waals surface area (Å²) in [5, 5.41) is 2.14. The number of halogens is 1. The number of Topliss-reactive ketones (excluding diaryl/α,β-unsaturated/α-hetero) is 1. The van der Waals surface area contributed by atoms with E-state index in [0.29, 0.717) is 10.6 Å². The number of piperazine rings is 1. The number of carbonyl (C=O) groups is 2. The molecule has 1 unspecified atom stereocenters. The predicted molar refractivity (Wildman–Crippen MR) is 141 cm³/mol. The fourth-order valence-electron chi connectivity index (χ4n) is 4.48. The van der Waals surface area contributed by atoms with Gasteiger partial charge in [-0.25, -0.2) is 18.4 Å². The Balaban J connectivity index is 1.36. The van der Waals surface area contributed by atoms with Crippen molar-refractivity contribution in [3.63, 3.8) is 0 Å². The van der Waals surface area contributed by atoms with Gasteiger partial charge in [0, 0.05) is 42.0 Å². The van der Waals surface area contributed by atoms with Crippen molar-refractivity contribution in [2.24, 2.45) is 0 Å². The molecule has 1 aliphatic heterocycles. The lowest BCUT2D eigenvalue weighted by Gasteiger charge is -2.39. The van der Waals surface area contributed by atoms with Gasteiger partial charge in [0.15, 0.2) is 5.78 Å². The molecule has 8 nitrogen and oxygen atoms in total. The summed E-state index contributed by atoms with van der Waals surface area (Å²) in [5.74, 6) is -0.604. The smallest absolute Gasteiger partial charge is 0.254 e. The van der Waals surface area contributed by atoms with Crippen LogP contribution < -0.4 is 0 Å². The molecule has 1 amide bonds. The summed E-state index contributed by atoms with van der Waals surface area (Å²) in [5.41, 5.74) is 1.97. The Morgan fingerprint density at radius 3 is 2.38 bits per heavy atom. The van der Waals surface area contributed by atoms with Crippen LogP contribution in [-0.4, -0.2) is 65.0 Å². The van der Waals surface area contributed by atoms with E-state index in [1.807, 2.05) is 0 Å². The van der Waals surface area contributed by atoms with Crippen LogP contribution in [0.1, 0.15) is 17.3 Å². The summed E-state index contributed by atoms with van der Waals surface area (Å²) < 4.78 is 28.2. The molecule has 2 heterocycles. The Hall–Kier alpha value is -3.66. The molecule has 3 aromatic carbocycles. The minimum atomic E-state index is -3.88. The van der Waals surface area contributed by atoms with Crippen molar-refractivity contribution >= 4 is 44.1 Å². The topological polar surface area (TPSA) is 101 Å². The van der Waals surface area contributed by atoms with E-state index in [4.69, 9.17) is 11.6 Å². The highest BCUT2D eigenvalue weighted by molar-refractivity contribution is 7.89. The highest BCUT2D eigenvalue weighted by Crippen LogP contribution is 2.27. The molecule has 0 bridgehead atoms. The molecule has 5 rings (SSSR count). The van der Waals surface area contributed by atoms with Crippen molar-refractivity contribution in [3.8, 4) is 11.3 Å². The third-order valence-corrected chi connectivity index (χ3v) is 8.59. The number of hydrogen-bond donors (Lipinski definition) is 0. The fourth-order valence-corrected chi connectivity index (χ4v) is 6.14. The highest BCUT2D eigenvalue weighted by atomic mass is 35.5. The van der Waals surface area contributed by atoms with Gasteiger partial charge >= 0.3 is 0 Å². The predicted octanol–water partition coefficient (Wildman–Crippen LogP) is 4.05. The lowest BCUT2D eigenvalue weighted by Crippen LogP contribution is -2.58. The second-order valence-electron chi connectivity index (χ2n) is 8.81. The van der Waals surface area contributed by atoms with Gasteiger partial charge in [-0.2, -0.15) is 4.31 Å². The summed E-state index contributed by atoms with van der Waals surface area (Å²) in [6, 6.07) is 17.9. The first-order valence-electron chi connectivity index (χ1n) is 11.6. The lowest BCUT2D eigenvalue weighted by molar-refractivity contribution is -0.122. The van der Waals surface area contributed by atoms with Crippen LogP contribution in [0.5, 0.6) is 0 Å². The van der Waals surface area contributed by atoms with E-state index in [1.54, 1.807) is 66.9 Å². The van der Waals surface area contributed by atoms with Crippen LogP contribution in [0.25, 0.3) is 22.0 Å². The molecular formula is C27H23ClN4O4S. The number of amides is 1. The summed E-state index contributed by atoms with van der Waals surface area (Å²) in [6.45, 7) is 1.44. The average molecular weight is 535 g/mol. The van der Waals surface area contributed by atoms with Gasteiger partial charge < -0.3 is 4.90 Å². The number of aromatic nitrogens is 2. The standard InChI is InChI=1S/C27H23ClN4O4S/c1-18(33)26-16-31(37(35,36)24-9-7-21-14-23(28)8-6-22(21)15-24)12-13-32(26)27(34)20-4-2-19(3-5-20)25-10-11-29-17-30-25/h2-11,14-15,17,26H,12-13,16H2,1H3. The Morgan fingerprint density at radius 2 is 1.68 bits per heavy atom. The lowest BCUT2D eigenvalue weighted by atomic mass is 10.0. The molecule has 4 aromatic rings. The Morgan fingerprint density at radius 1 is 0.946 bits per heavy atom. The number of sulfonamides is 1. The maximum absolute atomic E-state index is 13.5.